The molecule has 6 nitrogen and oxygen atoms in total. The largest absolute Gasteiger partial charge is 0.573 e. The van der Waals surface area contributed by atoms with Crippen molar-refractivity contribution in [1.82, 2.24) is 9.97 Å². The molecule has 0 amide bonds. The lowest BCUT2D eigenvalue weighted by atomic mass is 10.0. The van der Waals surface area contributed by atoms with Crippen LogP contribution in [0.3, 0.4) is 0 Å². The van der Waals surface area contributed by atoms with E-state index in [0.29, 0.717) is 16.8 Å². The van der Waals surface area contributed by atoms with Crippen molar-refractivity contribution in [1.29, 1.82) is 0 Å². The number of esters is 1. The van der Waals surface area contributed by atoms with Crippen molar-refractivity contribution in [3.8, 4) is 5.75 Å². The van der Waals surface area contributed by atoms with Crippen LogP contribution in [0.15, 0.2) is 30.6 Å². The third-order valence-corrected chi connectivity index (χ3v) is 3.91. The van der Waals surface area contributed by atoms with E-state index in [1.807, 2.05) is 0 Å². The smallest absolute Gasteiger partial charge is 0.462 e. The van der Waals surface area contributed by atoms with E-state index in [-0.39, 0.29) is 29.4 Å². The third kappa shape index (κ3) is 5.59. The summed E-state index contributed by atoms with van der Waals surface area (Å²) in [5.41, 5.74) is 7.17. The number of ether oxygens (including phenoxy) is 2. The van der Waals surface area contributed by atoms with Gasteiger partial charge in [0.1, 0.15) is 11.3 Å². The van der Waals surface area contributed by atoms with Gasteiger partial charge in [0.05, 0.1) is 11.6 Å². The second-order valence-corrected chi connectivity index (χ2v) is 6.00. The Balaban J connectivity index is 2.26. The number of carbonyl (C=O) groups is 1. The predicted molar refractivity (Wildman–Crippen MR) is 96.5 cm³/mol. The highest BCUT2D eigenvalue weighted by Crippen LogP contribution is 2.31. The van der Waals surface area contributed by atoms with Gasteiger partial charge in [0.2, 0.25) is 0 Å². The summed E-state index contributed by atoms with van der Waals surface area (Å²) in [6, 6.07) is 4.09. The van der Waals surface area contributed by atoms with E-state index >= 15 is 0 Å². The first-order chi connectivity index (χ1) is 13.1. The molecule has 0 aliphatic carbocycles. The first kappa shape index (κ1) is 21.5. The molecule has 0 saturated carbocycles. The van der Waals surface area contributed by atoms with Crippen LogP contribution in [0.5, 0.6) is 5.75 Å². The third-order valence-electron chi connectivity index (χ3n) is 3.60. The van der Waals surface area contributed by atoms with Crippen molar-refractivity contribution in [2.24, 2.45) is 5.73 Å². The Morgan fingerprint density at radius 3 is 2.64 bits per heavy atom. The number of carbonyl (C=O) groups excluding carboxylic acids is 1. The number of aromatic nitrogens is 2. The molecule has 0 radical (unpaired) electrons. The second kappa shape index (κ2) is 8.92. The minimum atomic E-state index is -4.85. The van der Waals surface area contributed by atoms with Crippen molar-refractivity contribution in [3.05, 3.63) is 58.3 Å². The minimum absolute atomic E-state index is 0.0175. The van der Waals surface area contributed by atoms with Crippen molar-refractivity contribution in [2.75, 3.05) is 6.61 Å². The van der Waals surface area contributed by atoms with Crippen LogP contribution in [0.2, 0.25) is 5.02 Å². The lowest BCUT2D eigenvalue weighted by molar-refractivity contribution is -0.274. The standard InChI is InChI=1S/C18H17ClF3N3O3/c1-3-27-17(26)13(8-23)16-24-9-12(10(2)25-16)6-11-4-5-14(19)15(7-11)28-18(20,21)22/h4-5,7-9H,3,6,23H2,1-2H3/b13-8+. The van der Waals surface area contributed by atoms with Gasteiger partial charge < -0.3 is 15.2 Å². The summed E-state index contributed by atoms with van der Waals surface area (Å²) < 4.78 is 46.2. The molecule has 0 aliphatic rings. The molecule has 0 aliphatic heterocycles. The average molecular weight is 416 g/mol. The number of benzene rings is 1. The van der Waals surface area contributed by atoms with Crippen molar-refractivity contribution in [2.45, 2.75) is 26.6 Å². The summed E-state index contributed by atoms with van der Waals surface area (Å²) in [5, 5.41) is -0.156. The zero-order valence-corrected chi connectivity index (χ0v) is 15.8. The number of nitrogens with two attached hydrogens (primary N) is 1. The average Bonchev–Trinajstić information content (AvgIpc) is 2.60. The molecule has 0 unspecified atom stereocenters. The first-order valence-corrected chi connectivity index (χ1v) is 8.48. The summed E-state index contributed by atoms with van der Waals surface area (Å²) >= 11 is 5.75. The number of nitrogens with zero attached hydrogens (tertiary/aromatic N) is 2. The highest BCUT2D eigenvalue weighted by molar-refractivity contribution is 6.32. The summed E-state index contributed by atoms with van der Waals surface area (Å²) in [4.78, 5) is 20.2. The fourth-order valence-corrected chi connectivity index (χ4v) is 2.47. The molecule has 0 spiro atoms. The van der Waals surface area contributed by atoms with Crippen LogP contribution in [0.1, 0.15) is 29.6 Å². The molecule has 2 rings (SSSR count). The van der Waals surface area contributed by atoms with Gasteiger partial charge in [-0.3, -0.25) is 0 Å². The second-order valence-electron chi connectivity index (χ2n) is 5.59. The van der Waals surface area contributed by atoms with E-state index in [0.717, 1.165) is 6.20 Å². The molecular formula is C18H17ClF3N3O3. The Hall–Kier alpha value is -2.81. The lowest BCUT2D eigenvalue weighted by Crippen LogP contribution is -2.17. The van der Waals surface area contributed by atoms with Crippen LogP contribution in [0, 0.1) is 6.92 Å². The van der Waals surface area contributed by atoms with Crippen molar-refractivity contribution >= 4 is 23.1 Å². The van der Waals surface area contributed by atoms with E-state index in [4.69, 9.17) is 22.1 Å². The van der Waals surface area contributed by atoms with Crippen LogP contribution in [-0.4, -0.2) is 28.9 Å². The van der Waals surface area contributed by atoms with Crippen molar-refractivity contribution in [3.63, 3.8) is 0 Å². The van der Waals surface area contributed by atoms with E-state index in [1.165, 1.54) is 18.3 Å². The van der Waals surface area contributed by atoms with Gasteiger partial charge in [-0.05, 0) is 37.1 Å². The lowest BCUT2D eigenvalue weighted by Gasteiger charge is -2.13. The molecule has 1 aromatic carbocycles. The molecule has 0 bridgehead atoms. The molecule has 0 atom stereocenters. The molecule has 10 heteroatoms. The highest BCUT2D eigenvalue weighted by atomic mass is 35.5. The van der Waals surface area contributed by atoms with Gasteiger partial charge in [0, 0.05) is 24.5 Å². The van der Waals surface area contributed by atoms with Gasteiger partial charge in [-0.2, -0.15) is 0 Å². The SMILES string of the molecule is CCOC(=O)/C(=C/N)c1ncc(Cc2ccc(Cl)c(OC(F)(F)F)c2)c(C)n1. The maximum Gasteiger partial charge on any atom is 0.573 e. The van der Waals surface area contributed by atoms with Crippen LogP contribution in [-0.2, 0) is 16.0 Å². The topological polar surface area (TPSA) is 87.3 Å². The molecule has 2 aromatic rings. The van der Waals surface area contributed by atoms with Gasteiger partial charge in [0.15, 0.2) is 5.82 Å². The molecule has 1 heterocycles. The van der Waals surface area contributed by atoms with Gasteiger partial charge in [-0.25, -0.2) is 14.8 Å². The molecule has 150 valence electrons. The molecule has 1 aromatic heterocycles. The molecular weight excluding hydrogens is 399 g/mol. The van der Waals surface area contributed by atoms with E-state index < -0.39 is 18.1 Å². The van der Waals surface area contributed by atoms with Crippen molar-refractivity contribution < 1.29 is 27.4 Å². The first-order valence-electron chi connectivity index (χ1n) is 8.10. The minimum Gasteiger partial charge on any atom is -0.462 e. The number of rotatable bonds is 6. The van der Waals surface area contributed by atoms with Gasteiger partial charge in [-0.1, -0.05) is 17.7 Å². The number of hydrogen-bond acceptors (Lipinski definition) is 6. The molecule has 28 heavy (non-hydrogen) atoms. The molecule has 0 fully saturated rings. The van der Waals surface area contributed by atoms with Crippen LogP contribution < -0.4 is 10.5 Å². The Morgan fingerprint density at radius 2 is 2.07 bits per heavy atom. The molecule has 0 saturated heterocycles. The normalized spacial score (nSPS) is 12.0. The maximum absolute atomic E-state index is 12.5. The van der Waals surface area contributed by atoms with Crippen LogP contribution in [0.4, 0.5) is 13.2 Å². The zero-order valence-electron chi connectivity index (χ0n) is 15.0. The fourth-order valence-electron chi connectivity index (χ4n) is 2.32. The highest BCUT2D eigenvalue weighted by Gasteiger charge is 2.32. The Bertz CT molecular complexity index is 901. The van der Waals surface area contributed by atoms with E-state index in [9.17, 15) is 18.0 Å². The zero-order chi connectivity index (χ0) is 20.9. The monoisotopic (exact) mass is 415 g/mol. The maximum atomic E-state index is 12.5. The summed E-state index contributed by atoms with van der Waals surface area (Å²) in [7, 11) is 0. The number of halogens is 4. The van der Waals surface area contributed by atoms with Gasteiger partial charge in [0.25, 0.3) is 0 Å². The predicted octanol–water partition coefficient (Wildman–Crippen LogP) is 3.79. The van der Waals surface area contributed by atoms with Crippen LogP contribution in [0.25, 0.3) is 5.57 Å². The van der Waals surface area contributed by atoms with Gasteiger partial charge in [-0.15, -0.1) is 13.2 Å². The van der Waals surface area contributed by atoms with Gasteiger partial charge >= 0.3 is 12.3 Å². The summed E-state index contributed by atoms with van der Waals surface area (Å²) in [5.74, 6) is -1.04. The summed E-state index contributed by atoms with van der Waals surface area (Å²) in [6.45, 7) is 3.51. The Labute approximate surface area is 164 Å². The van der Waals surface area contributed by atoms with E-state index in [2.05, 4.69) is 14.7 Å². The Morgan fingerprint density at radius 1 is 1.36 bits per heavy atom. The number of aryl methyl sites for hydroxylation is 1. The number of hydrogen-bond donors (Lipinski definition) is 1. The quantitative estimate of drug-likeness (QED) is 0.570. The number of alkyl halides is 3. The van der Waals surface area contributed by atoms with Crippen LogP contribution >= 0.6 is 11.6 Å². The Kier molecular flexibility index (Phi) is 6.85. The van der Waals surface area contributed by atoms with E-state index in [1.54, 1.807) is 19.9 Å². The fraction of sp³-hybridized carbons (Fsp3) is 0.278. The summed E-state index contributed by atoms with van der Waals surface area (Å²) in [6.07, 6.45) is -2.08. The molecule has 2 N–H and O–H groups in total.